The summed E-state index contributed by atoms with van der Waals surface area (Å²) in [4.78, 5) is 11.5. The number of nitrogens with two attached hydrogens (primary N) is 1. The lowest BCUT2D eigenvalue weighted by atomic mass is 10.3. The maximum Gasteiger partial charge on any atom is 0.257 e. The van der Waals surface area contributed by atoms with Gasteiger partial charge in [0, 0.05) is 25.9 Å². The van der Waals surface area contributed by atoms with E-state index in [-0.39, 0.29) is 12.5 Å². The molecule has 1 rings (SSSR count). The van der Waals surface area contributed by atoms with E-state index in [1.165, 1.54) is 0 Å². The van der Waals surface area contributed by atoms with Crippen molar-refractivity contribution in [2.75, 3.05) is 45.8 Å². The Labute approximate surface area is 125 Å². The highest BCUT2D eigenvalue weighted by Gasteiger charge is 2.02. The van der Waals surface area contributed by atoms with Gasteiger partial charge >= 0.3 is 0 Å². The molecular weight excluding hydrogens is 272 g/mol. The first-order valence-electron chi connectivity index (χ1n) is 7.04. The Morgan fingerprint density at radius 1 is 1.14 bits per heavy atom. The maximum absolute atomic E-state index is 11.5. The number of benzene rings is 1. The molecule has 0 aliphatic heterocycles. The molecule has 0 aliphatic rings. The van der Waals surface area contributed by atoms with E-state index >= 15 is 0 Å². The molecule has 0 saturated heterocycles. The van der Waals surface area contributed by atoms with Gasteiger partial charge in [-0.3, -0.25) is 4.79 Å². The monoisotopic (exact) mass is 296 g/mol. The van der Waals surface area contributed by atoms with E-state index in [0.29, 0.717) is 37.8 Å². The third kappa shape index (κ3) is 8.88. The fraction of sp³-hybridized carbons (Fsp3) is 0.533. The smallest absolute Gasteiger partial charge is 0.257 e. The SMILES string of the molecule is COCCOCCCCNC(=O)COc1ccc(N)cc1. The molecule has 6 heteroatoms. The summed E-state index contributed by atoms with van der Waals surface area (Å²) in [7, 11) is 1.64. The zero-order valence-corrected chi connectivity index (χ0v) is 12.5. The molecule has 3 N–H and O–H groups in total. The van der Waals surface area contributed by atoms with Crippen molar-refractivity contribution in [1.82, 2.24) is 5.32 Å². The van der Waals surface area contributed by atoms with E-state index < -0.39 is 0 Å². The Bertz CT molecular complexity index is 395. The molecular formula is C15H24N2O4. The number of nitrogens with one attached hydrogen (secondary N) is 1. The number of ether oxygens (including phenoxy) is 3. The van der Waals surface area contributed by atoms with Gasteiger partial charge in [-0.15, -0.1) is 0 Å². The van der Waals surface area contributed by atoms with Crippen LogP contribution in [0.15, 0.2) is 24.3 Å². The van der Waals surface area contributed by atoms with Gasteiger partial charge in [0.1, 0.15) is 5.75 Å². The summed E-state index contributed by atoms with van der Waals surface area (Å²) in [5.41, 5.74) is 6.23. The zero-order valence-electron chi connectivity index (χ0n) is 12.5. The van der Waals surface area contributed by atoms with E-state index in [1.54, 1.807) is 31.4 Å². The number of carbonyl (C=O) groups excluding carboxylic acids is 1. The van der Waals surface area contributed by atoms with Crippen LogP contribution in [0.2, 0.25) is 0 Å². The lowest BCUT2D eigenvalue weighted by molar-refractivity contribution is -0.123. The molecule has 118 valence electrons. The minimum atomic E-state index is -0.132. The number of hydrogen-bond donors (Lipinski definition) is 2. The van der Waals surface area contributed by atoms with E-state index in [1.807, 2.05) is 0 Å². The Morgan fingerprint density at radius 3 is 2.62 bits per heavy atom. The van der Waals surface area contributed by atoms with Crippen LogP contribution in [0.1, 0.15) is 12.8 Å². The Balaban J connectivity index is 1.97. The number of amides is 1. The van der Waals surface area contributed by atoms with Gasteiger partial charge in [-0.25, -0.2) is 0 Å². The lowest BCUT2D eigenvalue weighted by Crippen LogP contribution is -2.29. The number of hydrogen-bond acceptors (Lipinski definition) is 5. The van der Waals surface area contributed by atoms with Crippen molar-refractivity contribution >= 4 is 11.6 Å². The van der Waals surface area contributed by atoms with Crippen molar-refractivity contribution < 1.29 is 19.0 Å². The number of methoxy groups -OCH3 is 1. The van der Waals surface area contributed by atoms with Gasteiger partial charge in [0.2, 0.25) is 0 Å². The summed E-state index contributed by atoms with van der Waals surface area (Å²) in [6, 6.07) is 6.94. The van der Waals surface area contributed by atoms with Gasteiger partial charge in [0.15, 0.2) is 6.61 Å². The van der Waals surface area contributed by atoms with Crippen LogP contribution >= 0.6 is 0 Å². The number of unbranched alkanes of at least 4 members (excludes halogenated alkanes) is 1. The minimum Gasteiger partial charge on any atom is -0.484 e. The minimum absolute atomic E-state index is 0.00819. The van der Waals surface area contributed by atoms with Gasteiger partial charge in [-0.1, -0.05) is 0 Å². The Hall–Kier alpha value is -1.79. The highest BCUT2D eigenvalue weighted by atomic mass is 16.5. The van der Waals surface area contributed by atoms with Crippen molar-refractivity contribution in [1.29, 1.82) is 0 Å². The maximum atomic E-state index is 11.5. The Morgan fingerprint density at radius 2 is 1.90 bits per heavy atom. The molecule has 1 aromatic carbocycles. The second kappa shape index (κ2) is 10.9. The molecule has 21 heavy (non-hydrogen) atoms. The van der Waals surface area contributed by atoms with Crippen LogP contribution in [-0.4, -0.2) is 46.0 Å². The van der Waals surface area contributed by atoms with Crippen molar-refractivity contribution in [2.45, 2.75) is 12.8 Å². The summed E-state index contributed by atoms with van der Waals surface area (Å²) in [6.45, 7) is 2.53. The second-order valence-electron chi connectivity index (χ2n) is 4.52. The first-order valence-corrected chi connectivity index (χ1v) is 7.04. The van der Waals surface area contributed by atoms with E-state index in [0.717, 1.165) is 12.8 Å². The molecule has 0 unspecified atom stereocenters. The van der Waals surface area contributed by atoms with Gasteiger partial charge in [-0.2, -0.15) is 0 Å². The second-order valence-corrected chi connectivity index (χ2v) is 4.52. The average Bonchev–Trinajstić information content (AvgIpc) is 2.49. The normalized spacial score (nSPS) is 10.3. The van der Waals surface area contributed by atoms with E-state index in [9.17, 15) is 4.79 Å². The molecule has 1 aromatic rings. The largest absolute Gasteiger partial charge is 0.484 e. The van der Waals surface area contributed by atoms with Crippen LogP contribution in [0.25, 0.3) is 0 Å². The van der Waals surface area contributed by atoms with Crippen LogP contribution in [-0.2, 0) is 14.3 Å². The molecule has 0 fully saturated rings. The fourth-order valence-electron chi connectivity index (χ4n) is 1.57. The summed E-state index contributed by atoms with van der Waals surface area (Å²) in [5.74, 6) is 0.498. The number of anilines is 1. The molecule has 0 aliphatic carbocycles. The van der Waals surface area contributed by atoms with Crippen LogP contribution in [0.4, 0.5) is 5.69 Å². The molecule has 0 radical (unpaired) electrons. The van der Waals surface area contributed by atoms with Crippen LogP contribution < -0.4 is 15.8 Å². The average molecular weight is 296 g/mol. The summed E-state index contributed by atoms with van der Waals surface area (Å²) in [5, 5.41) is 2.80. The standard InChI is InChI=1S/C15H24N2O4/c1-19-10-11-20-9-3-2-8-17-15(18)12-21-14-6-4-13(16)5-7-14/h4-7H,2-3,8-12,16H2,1H3,(H,17,18). The van der Waals surface area contributed by atoms with Crippen molar-refractivity contribution in [3.63, 3.8) is 0 Å². The molecule has 0 heterocycles. The topological polar surface area (TPSA) is 82.8 Å². The first kappa shape index (κ1) is 17.3. The molecule has 6 nitrogen and oxygen atoms in total. The third-order valence-corrected chi connectivity index (χ3v) is 2.72. The summed E-state index contributed by atoms with van der Waals surface area (Å²) in [6.07, 6.45) is 1.78. The highest BCUT2D eigenvalue weighted by Crippen LogP contribution is 2.12. The predicted molar refractivity (Wildman–Crippen MR) is 81.3 cm³/mol. The van der Waals surface area contributed by atoms with E-state index in [2.05, 4.69) is 5.32 Å². The molecule has 0 bridgehead atoms. The van der Waals surface area contributed by atoms with Gasteiger partial charge in [0.05, 0.1) is 13.2 Å². The zero-order chi connectivity index (χ0) is 15.3. The van der Waals surface area contributed by atoms with Crippen LogP contribution in [0.5, 0.6) is 5.75 Å². The molecule has 1 amide bonds. The van der Waals surface area contributed by atoms with Crippen LogP contribution in [0, 0.1) is 0 Å². The lowest BCUT2D eigenvalue weighted by Gasteiger charge is -2.08. The first-order chi connectivity index (χ1) is 10.2. The number of carbonyl (C=O) groups is 1. The number of rotatable bonds is 11. The van der Waals surface area contributed by atoms with Crippen molar-refractivity contribution in [2.24, 2.45) is 0 Å². The summed E-state index contributed by atoms with van der Waals surface area (Å²) < 4.78 is 15.5. The van der Waals surface area contributed by atoms with Crippen LogP contribution in [0.3, 0.4) is 0 Å². The summed E-state index contributed by atoms with van der Waals surface area (Å²) >= 11 is 0. The molecule has 0 spiro atoms. The van der Waals surface area contributed by atoms with Crippen molar-refractivity contribution in [3.05, 3.63) is 24.3 Å². The highest BCUT2D eigenvalue weighted by molar-refractivity contribution is 5.77. The van der Waals surface area contributed by atoms with Crippen molar-refractivity contribution in [3.8, 4) is 5.75 Å². The number of nitrogen functional groups attached to an aromatic ring is 1. The van der Waals surface area contributed by atoms with E-state index in [4.69, 9.17) is 19.9 Å². The quantitative estimate of drug-likeness (QED) is 0.474. The molecule has 0 atom stereocenters. The third-order valence-electron chi connectivity index (χ3n) is 2.72. The van der Waals surface area contributed by atoms with Gasteiger partial charge in [0.25, 0.3) is 5.91 Å². The molecule has 0 saturated carbocycles. The van der Waals surface area contributed by atoms with Gasteiger partial charge in [-0.05, 0) is 37.1 Å². The Kier molecular flexibility index (Phi) is 8.99. The fourth-order valence-corrected chi connectivity index (χ4v) is 1.57. The predicted octanol–water partition coefficient (Wildman–Crippen LogP) is 1.21. The molecule has 0 aromatic heterocycles. The van der Waals surface area contributed by atoms with Gasteiger partial charge < -0.3 is 25.3 Å².